The van der Waals surface area contributed by atoms with Crippen LogP contribution in [-0.2, 0) is 4.57 Å². The minimum atomic E-state index is -3.81. The Labute approximate surface area is 263 Å². The number of benzene rings is 6. The lowest BCUT2D eigenvalue weighted by molar-refractivity contribution is 0.591. The van der Waals surface area contributed by atoms with Gasteiger partial charge < -0.3 is 4.57 Å². The first-order chi connectivity index (χ1) is 23.0. The molecule has 0 radical (unpaired) electrons. The zero-order chi connectivity index (χ0) is 31.1. The first kappa shape index (κ1) is 24.2. The van der Waals surface area contributed by atoms with Crippen molar-refractivity contribution in [3.63, 3.8) is 0 Å². The molecule has 8 heteroatoms. The van der Waals surface area contributed by atoms with E-state index in [2.05, 4.69) is 6.07 Å². The molecule has 3 aliphatic heterocycles. The van der Waals surface area contributed by atoms with Gasteiger partial charge in [0.05, 0.1) is 49.5 Å². The number of pyridine rings is 3. The van der Waals surface area contributed by atoms with Gasteiger partial charge in [-0.15, -0.1) is 0 Å². The third-order valence-electron chi connectivity index (χ3n) is 10.7. The maximum Gasteiger partial charge on any atom is 0.263 e. The normalized spacial score (nSPS) is 16.5. The number of rotatable bonds is 0. The van der Waals surface area contributed by atoms with Crippen molar-refractivity contribution in [1.29, 1.82) is 0 Å². The van der Waals surface area contributed by atoms with Gasteiger partial charge in [0.15, 0.2) is 7.14 Å². The molecular weight excluding hydrogens is 605 g/mol. The van der Waals surface area contributed by atoms with Crippen LogP contribution in [0.25, 0.3) is 82.1 Å². The standard InChI is InChI=1S/C39H18N3O4P/c43-37-23-11-4-1-8-19(23)22-16-17-30-35-31(22)40(37)28-14-7-15-29-34(28)47(35,46)36-32-26(20-9-2-5-12-24(20)38(44)41(29)32)18-27-21-10-3-6-13-25(21)39(45)42(30)33(27)36/h1-18H. The number of fused-ring (bicyclic) bond motifs is 9. The average molecular weight is 624 g/mol. The summed E-state index contributed by atoms with van der Waals surface area (Å²) in [7, 11) is -3.81. The summed E-state index contributed by atoms with van der Waals surface area (Å²) in [6.07, 6.45) is 0. The minimum absolute atomic E-state index is 0.237. The quantitative estimate of drug-likeness (QED) is 0.124. The summed E-state index contributed by atoms with van der Waals surface area (Å²) in [6, 6.07) is 33.9. The maximum absolute atomic E-state index is 16.8. The van der Waals surface area contributed by atoms with Crippen molar-refractivity contribution < 1.29 is 4.57 Å². The summed E-state index contributed by atoms with van der Waals surface area (Å²) in [4.78, 5) is 43.8. The van der Waals surface area contributed by atoms with Crippen LogP contribution < -0.4 is 32.6 Å². The predicted octanol–water partition coefficient (Wildman–Crippen LogP) is 5.64. The Morgan fingerprint density at radius 3 is 1.26 bits per heavy atom. The lowest BCUT2D eigenvalue weighted by Gasteiger charge is -2.40. The Morgan fingerprint density at radius 1 is 0.362 bits per heavy atom. The summed E-state index contributed by atoms with van der Waals surface area (Å²) in [6.45, 7) is 0. The lowest BCUT2D eigenvalue weighted by Crippen LogP contribution is -2.48. The van der Waals surface area contributed by atoms with E-state index < -0.39 is 7.14 Å². The molecule has 0 amide bonds. The van der Waals surface area contributed by atoms with E-state index in [9.17, 15) is 14.4 Å². The van der Waals surface area contributed by atoms with E-state index in [1.807, 2.05) is 103 Å². The van der Waals surface area contributed by atoms with Crippen LogP contribution in [0.1, 0.15) is 0 Å². The van der Waals surface area contributed by atoms with Gasteiger partial charge in [-0.05, 0) is 58.6 Å². The van der Waals surface area contributed by atoms with Gasteiger partial charge in [-0.2, -0.15) is 0 Å². The fourth-order valence-corrected chi connectivity index (χ4v) is 12.6. The average Bonchev–Trinajstić information content (AvgIpc) is 3.11. The summed E-state index contributed by atoms with van der Waals surface area (Å²) in [5.74, 6) is 0. The summed E-state index contributed by atoms with van der Waals surface area (Å²) in [5, 5.41) is 7.70. The number of aromatic nitrogens is 3. The molecule has 218 valence electrons. The minimum Gasteiger partial charge on any atom is -0.308 e. The Balaban J connectivity index is 1.53. The third kappa shape index (κ3) is 2.37. The number of nitrogens with zero attached hydrogens (tertiary/aromatic N) is 3. The molecule has 0 fully saturated rings. The van der Waals surface area contributed by atoms with E-state index in [0.29, 0.717) is 65.7 Å². The molecule has 0 saturated carbocycles. The van der Waals surface area contributed by atoms with E-state index in [1.54, 1.807) is 13.7 Å². The van der Waals surface area contributed by atoms with Gasteiger partial charge in [0.2, 0.25) is 0 Å². The van der Waals surface area contributed by atoms with Crippen molar-refractivity contribution in [2.24, 2.45) is 0 Å². The topological polar surface area (TPSA) is 83.1 Å². The Morgan fingerprint density at radius 2 is 0.766 bits per heavy atom. The molecule has 0 N–H and O–H groups in total. The van der Waals surface area contributed by atoms with Crippen molar-refractivity contribution >= 4 is 88.1 Å². The van der Waals surface area contributed by atoms with Crippen molar-refractivity contribution in [2.45, 2.75) is 0 Å². The van der Waals surface area contributed by atoms with Gasteiger partial charge in [0.1, 0.15) is 0 Å². The number of hydrogen-bond acceptors (Lipinski definition) is 4. The summed E-state index contributed by atoms with van der Waals surface area (Å²) >= 11 is 0. The predicted molar refractivity (Wildman–Crippen MR) is 188 cm³/mol. The molecule has 0 spiro atoms. The van der Waals surface area contributed by atoms with E-state index in [4.69, 9.17) is 0 Å². The van der Waals surface area contributed by atoms with Crippen LogP contribution in [-0.4, -0.2) is 13.7 Å². The Kier molecular flexibility index (Phi) is 3.86. The van der Waals surface area contributed by atoms with Gasteiger partial charge in [-0.1, -0.05) is 66.7 Å². The zero-order valence-electron chi connectivity index (χ0n) is 24.3. The first-order valence-corrected chi connectivity index (χ1v) is 17.1. The van der Waals surface area contributed by atoms with Gasteiger partial charge in [-0.25, -0.2) is 0 Å². The van der Waals surface area contributed by atoms with Crippen molar-refractivity contribution in [2.75, 3.05) is 0 Å². The molecule has 0 aliphatic carbocycles. The fraction of sp³-hybridized carbons (Fsp3) is 0. The highest BCUT2D eigenvalue weighted by atomic mass is 31.2. The second kappa shape index (κ2) is 7.49. The first-order valence-electron chi connectivity index (χ1n) is 15.4. The van der Waals surface area contributed by atoms with Crippen LogP contribution in [0, 0.1) is 0 Å². The van der Waals surface area contributed by atoms with E-state index in [0.717, 1.165) is 32.3 Å². The van der Waals surface area contributed by atoms with Crippen LogP contribution in [0.4, 0.5) is 0 Å². The van der Waals surface area contributed by atoms with Crippen LogP contribution in [0.15, 0.2) is 124 Å². The molecule has 6 aromatic carbocycles. The van der Waals surface area contributed by atoms with E-state index in [-0.39, 0.29) is 16.7 Å². The highest BCUT2D eigenvalue weighted by Gasteiger charge is 2.51. The largest absolute Gasteiger partial charge is 0.308 e. The molecule has 7 nitrogen and oxygen atoms in total. The third-order valence-corrected chi connectivity index (χ3v) is 13.9. The molecule has 1 unspecified atom stereocenters. The Bertz CT molecular complexity index is 3350. The molecule has 6 heterocycles. The van der Waals surface area contributed by atoms with Crippen LogP contribution in [0.3, 0.4) is 0 Å². The Hall–Kier alpha value is -6.04. The molecule has 1 atom stereocenters. The van der Waals surface area contributed by atoms with Crippen LogP contribution >= 0.6 is 7.14 Å². The smallest absolute Gasteiger partial charge is 0.263 e. The van der Waals surface area contributed by atoms with Crippen molar-refractivity contribution in [1.82, 2.24) is 13.7 Å². The SMILES string of the molecule is O=c1c2ccccc2c2ccc3c4c2n1-c1cccc2c1P4(=O)c1c4c(cc5c6ccccc6c(=O)n-3c15)c1ccccc1c(=O)n4-2. The highest BCUT2D eigenvalue weighted by Crippen LogP contribution is 2.58. The summed E-state index contributed by atoms with van der Waals surface area (Å²) < 4.78 is 21.8. The second-order valence-electron chi connectivity index (χ2n) is 12.7. The molecule has 9 aromatic rings. The van der Waals surface area contributed by atoms with Crippen molar-refractivity contribution in [3.8, 4) is 17.1 Å². The summed E-state index contributed by atoms with van der Waals surface area (Å²) in [5.41, 5.74) is 2.46. The monoisotopic (exact) mass is 623 g/mol. The molecule has 3 aliphatic rings. The van der Waals surface area contributed by atoms with Crippen molar-refractivity contribution in [3.05, 3.63) is 140 Å². The molecule has 0 bridgehead atoms. The highest BCUT2D eigenvalue weighted by molar-refractivity contribution is 7.87. The molecular formula is C39H18N3O4P. The van der Waals surface area contributed by atoms with E-state index in [1.165, 1.54) is 0 Å². The van der Waals surface area contributed by atoms with Crippen LogP contribution in [0.2, 0.25) is 0 Å². The van der Waals surface area contributed by atoms with Gasteiger partial charge in [-0.3, -0.25) is 28.1 Å². The maximum atomic E-state index is 16.8. The fourth-order valence-electron chi connectivity index (χ4n) is 8.92. The van der Waals surface area contributed by atoms with Crippen LogP contribution in [0.5, 0.6) is 0 Å². The molecule has 3 aromatic heterocycles. The second-order valence-corrected chi connectivity index (χ2v) is 15.2. The molecule has 12 rings (SSSR count). The number of hydrogen-bond donors (Lipinski definition) is 0. The van der Waals surface area contributed by atoms with E-state index >= 15 is 4.57 Å². The molecule has 0 saturated heterocycles. The molecule has 47 heavy (non-hydrogen) atoms. The zero-order valence-corrected chi connectivity index (χ0v) is 25.2. The van der Waals surface area contributed by atoms with Gasteiger partial charge >= 0.3 is 0 Å². The lowest BCUT2D eigenvalue weighted by atomic mass is 9.98. The van der Waals surface area contributed by atoms with Gasteiger partial charge in [0.25, 0.3) is 16.7 Å². The van der Waals surface area contributed by atoms with Gasteiger partial charge in [0, 0.05) is 32.3 Å².